The molecule has 2 aromatic carbocycles. The summed E-state index contributed by atoms with van der Waals surface area (Å²) < 4.78 is 47.2. The van der Waals surface area contributed by atoms with Gasteiger partial charge in [-0.3, -0.25) is 9.69 Å². The first-order valence-corrected chi connectivity index (χ1v) is 8.68. The number of methoxy groups -OCH3 is 1. The summed E-state index contributed by atoms with van der Waals surface area (Å²) in [5.74, 6) is -2.54. The third-order valence-corrected chi connectivity index (χ3v) is 5.09. The minimum Gasteiger partial charge on any atom is -0.497 e. The van der Waals surface area contributed by atoms with Crippen LogP contribution >= 0.6 is 0 Å². The molecule has 2 N–H and O–H groups in total. The van der Waals surface area contributed by atoms with Crippen LogP contribution in [0.2, 0.25) is 0 Å². The smallest absolute Gasteiger partial charge is 0.437 e. The standard InChI is InChI=1S/C20H19F3N2O4/c1-25-18(27)24-16(12-8-10-14(29-2)11-9-12)15(19(25,28)20(21,22)23)17(26)13-6-4-3-5-7-13/h3-11,15-16,28H,1-2H3,(H,24,27)/t15-,16+,19+/m1/s1. The quantitative estimate of drug-likeness (QED) is 0.762. The molecule has 0 radical (unpaired) electrons. The van der Waals surface area contributed by atoms with Crippen LogP contribution in [-0.2, 0) is 0 Å². The first-order chi connectivity index (χ1) is 13.6. The molecule has 0 spiro atoms. The minimum absolute atomic E-state index is 0.0109. The van der Waals surface area contributed by atoms with Gasteiger partial charge in [0.1, 0.15) is 11.7 Å². The van der Waals surface area contributed by atoms with Gasteiger partial charge in [0.05, 0.1) is 13.2 Å². The van der Waals surface area contributed by atoms with E-state index in [0.717, 1.165) is 7.05 Å². The highest BCUT2D eigenvalue weighted by Crippen LogP contribution is 2.47. The number of nitrogens with one attached hydrogen (secondary N) is 1. The largest absolute Gasteiger partial charge is 0.497 e. The maximum Gasteiger partial charge on any atom is 0.437 e. The van der Waals surface area contributed by atoms with E-state index in [1.165, 1.54) is 55.6 Å². The van der Waals surface area contributed by atoms with Gasteiger partial charge in [0.2, 0.25) is 0 Å². The van der Waals surface area contributed by atoms with E-state index in [-0.39, 0.29) is 16.0 Å². The summed E-state index contributed by atoms with van der Waals surface area (Å²) in [6.45, 7) is 0. The highest BCUT2D eigenvalue weighted by Gasteiger charge is 2.69. The van der Waals surface area contributed by atoms with Crippen molar-refractivity contribution in [2.24, 2.45) is 5.92 Å². The first-order valence-electron chi connectivity index (χ1n) is 8.68. The Hall–Kier alpha value is -3.07. The number of amides is 2. The number of carbonyl (C=O) groups excluding carboxylic acids is 2. The van der Waals surface area contributed by atoms with Crippen LogP contribution in [0.15, 0.2) is 54.6 Å². The van der Waals surface area contributed by atoms with Crippen molar-refractivity contribution in [2.75, 3.05) is 14.2 Å². The zero-order valence-electron chi connectivity index (χ0n) is 15.6. The van der Waals surface area contributed by atoms with Gasteiger partial charge in [-0.1, -0.05) is 42.5 Å². The van der Waals surface area contributed by atoms with Gasteiger partial charge < -0.3 is 15.2 Å². The average Bonchev–Trinajstić information content (AvgIpc) is 2.71. The molecule has 1 heterocycles. The Morgan fingerprint density at radius 2 is 1.72 bits per heavy atom. The maximum atomic E-state index is 14.0. The van der Waals surface area contributed by atoms with Crippen molar-refractivity contribution in [3.8, 4) is 5.75 Å². The Kier molecular flexibility index (Phi) is 5.27. The van der Waals surface area contributed by atoms with Gasteiger partial charge in [-0.25, -0.2) is 4.79 Å². The molecule has 2 amide bonds. The lowest BCUT2D eigenvalue weighted by molar-refractivity contribution is -0.322. The van der Waals surface area contributed by atoms with Gasteiger partial charge in [-0.05, 0) is 17.7 Å². The summed E-state index contributed by atoms with van der Waals surface area (Å²) in [4.78, 5) is 25.6. The average molecular weight is 408 g/mol. The summed E-state index contributed by atoms with van der Waals surface area (Å²) >= 11 is 0. The van der Waals surface area contributed by atoms with Gasteiger partial charge in [0.25, 0.3) is 5.72 Å². The number of ketones is 1. The molecule has 3 atom stereocenters. The first kappa shape index (κ1) is 20.7. The normalized spacial score (nSPS) is 24.8. The molecule has 1 aliphatic rings. The highest BCUT2D eigenvalue weighted by molar-refractivity contribution is 6.00. The number of hydrogen-bond donors (Lipinski definition) is 2. The molecule has 0 saturated carbocycles. The SMILES string of the molecule is COc1ccc([C@@H]2NC(=O)N(C)[C@@](O)(C(F)(F)F)[C@H]2C(=O)c2ccccc2)cc1. The van der Waals surface area contributed by atoms with Crippen LogP contribution in [0, 0.1) is 5.92 Å². The van der Waals surface area contributed by atoms with Gasteiger partial charge in [0, 0.05) is 12.6 Å². The van der Waals surface area contributed by atoms with E-state index in [9.17, 15) is 27.9 Å². The molecule has 1 fully saturated rings. The second-order valence-electron chi connectivity index (χ2n) is 6.69. The number of hydrogen-bond acceptors (Lipinski definition) is 4. The molecule has 0 unspecified atom stereocenters. The number of benzene rings is 2. The summed E-state index contributed by atoms with van der Waals surface area (Å²) in [6.07, 6.45) is -5.28. The van der Waals surface area contributed by atoms with Crippen LogP contribution in [0.3, 0.4) is 0 Å². The van der Waals surface area contributed by atoms with Gasteiger partial charge >= 0.3 is 12.2 Å². The summed E-state index contributed by atoms with van der Waals surface area (Å²) in [5, 5.41) is 13.2. The fourth-order valence-corrected chi connectivity index (χ4v) is 3.48. The summed E-state index contributed by atoms with van der Waals surface area (Å²) in [6, 6.07) is 10.7. The van der Waals surface area contributed by atoms with Gasteiger partial charge in [-0.15, -0.1) is 0 Å². The monoisotopic (exact) mass is 408 g/mol. The molecule has 0 aliphatic carbocycles. The third-order valence-electron chi connectivity index (χ3n) is 5.09. The summed E-state index contributed by atoms with van der Waals surface area (Å²) in [7, 11) is 2.23. The van der Waals surface area contributed by atoms with E-state index in [2.05, 4.69) is 5.32 Å². The number of rotatable bonds is 4. The van der Waals surface area contributed by atoms with Crippen molar-refractivity contribution in [1.82, 2.24) is 10.2 Å². The van der Waals surface area contributed by atoms with Crippen LogP contribution in [0.1, 0.15) is 22.0 Å². The van der Waals surface area contributed by atoms with Crippen LogP contribution in [0.25, 0.3) is 0 Å². The molecule has 9 heteroatoms. The fourth-order valence-electron chi connectivity index (χ4n) is 3.48. The second kappa shape index (κ2) is 7.40. The van der Waals surface area contributed by atoms with Crippen molar-refractivity contribution in [1.29, 1.82) is 0 Å². The van der Waals surface area contributed by atoms with Crippen molar-refractivity contribution in [2.45, 2.75) is 17.9 Å². The number of urea groups is 1. The lowest BCUT2D eigenvalue weighted by Gasteiger charge is -2.49. The minimum atomic E-state index is -5.28. The number of ether oxygens (including phenoxy) is 1. The summed E-state index contributed by atoms with van der Waals surface area (Å²) in [5.41, 5.74) is -3.49. The van der Waals surface area contributed by atoms with Crippen molar-refractivity contribution in [3.05, 3.63) is 65.7 Å². The lowest BCUT2D eigenvalue weighted by atomic mass is 9.76. The van der Waals surface area contributed by atoms with Crippen LogP contribution < -0.4 is 10.1 Å². The number of aliphatic hydroxyl groups is 1. The number of halogens is 3. The Bertz CT molecular complexity index is 902. The number of Topliss-reactive ketones (excluding diaryl/α,β-unsaturated/α-hetero) is 1. The molecule has 0 bridgehead atoms. The predicted molar refractivity (Wildman–Crippen MR) is 97.3 cm³/mol. The maximum absolute atomic E-state index is 14.0. The Morgan fingerprint density at radius 1 is 1.14 bits per heavy atom. The van der Waals surface area contributed by atoms with Gasteiger partial charge in [0.15, 0.2) is 5.78 Å². The van der Waals surface area contributed by atoms with Crippen LogP contribution in [0.4, 0.5) is 18.0 Å². The third kappa shape index (κ3) is 3.42. The fraction of sp³-hybridized carbons (Fsp3) is 0.300. The van der Waals surface area contributed by atoms with Crippen molar-refractivity contribution < 1.29 is 32.6 Å². The molecular formula is C20H19F3N2O4. The van der Waals surface area contributed by atoms with E-state index in [1.807, 2.05) is 0 Å². The molecule has 0 aromatic heterocycles. The van der Waals surface area contributed by atoms with Crippen LogP contribution in [-0.4, -0.2) is 47.9 Å². The Balaban J connectivity index is 2.18. The van der Waals surface area contributed by atoms with Crippen molar-refractivity contribution in [3.63, 3.8) is 0 Å². The van der Waals surface area contributed by atoms with E-state index in [0.29, 0.717) is 5.75 Å². The van der Waals surface area contributed by atoms with Gasteiger partial charge in [-0.2, -0.15) is 13.2 Å². The zero-order chi connectivity index (χ0) is 21.4. The molecule has 29 heavy (non-hydrogen) atoms. The molecule has 1 aliphatic heterocycles. The number of alkyl halides is 3. The Labute approximate surface area is 164 Å². The lowest BCUT2D eigenvalue weighted by Crippen LogP contribution is -2.72. The molecule has 1 saturated heterocycles. The van der Waals surface area contributed by atoms with E-state index < -0.39 is 35.7 Å². The van der Waals surface area contributed by atoms with Crippen LogP contribution in [0.5, 0.6) is 5.75 Å². The van der Waals surface area contributed by atoms with E-state index >= 15 is 0 Å². The molecule has 3 rings (SSSR count). The van der Waals surface area contributed by atoms with E-state index in [1.54, 1.807) is 6.07 Å². The highest BCUT2D eigenvalue weighted by atomic mass is 19.4. The second-order valence-corrected chi connectivity index (χ2v) is 6.69. The predicted octanol–water partition coefficient (Wildman–Crippen LogP) is 3.14. The molecule has 154 valence electrons. The molecular weight excluding hydrogens is 389 g/mol. The molecule has 6 nitrogen and oxygen atoms in total. The van der Waals surface area contributed by atoms with Crippen molar-refractivity contribution >= 4 is 11.8 Å². The van der Waals surface area contributed by atoms with E-state index in [4.69, 9.17) is 4.74 Å². The molecule has 2 aromatic rings. The number of nitrogens with zero attached hydrogens (tertiary/aromatic N) is 1. The zero-order valence-corrected chi connectivity index (χ0v) is 15.6. The topological polar surface area (TPSA) is 78.9 Å². The number of carbonyl (C=O) groups is 2. The Morgan fingerprint density at radius 3 is 2.24 bits per heavy atom.